The number of aryl methyl sites for hydroxylation is 2. The number of nitrogens with one attached hydrogen (secondary N) is 1. The van der Waals surface area contributed by atoms with Gasteiger partial charge in [-0.25, -0.2) is 8.42 Å². The first-order chi connectivity index (χ1) is 18.0. The van der Waals surface area contributed by atoms with E-state index in [-0.39, 0.29) is 17.3 Å². The SMILES string of the molecule is CC[C@@H](C(=O)NC)N(Cc1ccccc1C)C(=O)CN(c1cccc(Cl)c1C)S(=O)(=O)c1ccc(C)cc1. The van der Waals surface area contributed by atoms with Crippen LogP contribution in [0.15, 0.2) is 71.6 Å². The zero-order valence-electron chi connectivity index (χ0n) is 22.4. The number of hydrogen-bond donors (Lipinski definition) is 1. The molecule has 1 N–H and O–H groups in total. The molecule has 2 amide bonds. The van der Waals surface area contributed by atoms with Crippen LogP contribution in [-0.2, 0) is 26.2 Å². The molecule has 3 aromatic rings. The molecular formula is C29H34ClN3O4S. The monoisotopic (exact) mass is 555 g/mol. The third-order valence-corrected chi connectivity index (χ3v) is 8.81. The molecule has 0 heterocycles. The second-order valence-corrected chi connectivity index (χ2v) is 11.5. The minimum atomic E-state index is -4.15. The summed E-state index contributed by atoms with van der Waals surface area (Å²) in [5.41, 5.74) is 3.57. The van der Waals surface area contributed by atoms with Gasteiger partial charge in [0.1, 0.15) is 12.6 Å². The molecular weight excluding hydrogens is 522 g/mol. The van der Waals surface area contributed by atoms with E-state index >= 15 is 0 Å². The van der Waals surface area contributed by atoms with Gasteiger partial charge < -0.3 is 10.2 Å². The highest BCUT2D eigenvalue weighted by Gasteiger charge is 2.34. The van der Waals surface area contributed by atoms with Crippen LogP contribution in [0, 0.1) is 20.8 Å². The Morgan fingerprint density at radius 3 is 2.21 bits per heavy atom. The molecule has 7 nitrogen and oxygen atoms in total. The van der Waals surface area contributed by atoms with Gasteiger partial charge in [0, 0.05) is 18.6 Å². The van der Waals surface area contributed by atoms with Crippen LogP contribution in [0.25, 0.3) is 0 Å². The van der Waals surface area contributed by atoms with Crippen LogP contribution in [-0.4, -0.2) is 44.8 Å². The van der Waals surface area contributed by atoms with E-state index in [2.05, 4.69) is 5.32 Å². The molecule has 1 atom stereocenters. The Bertz CT molecular complexity index is 1410. The van der Waals surface area contributed by atoms with E-state index in [1.165, 1.54) is 24.1 Å². The summed E-state index contributed by atoms with van der Waals surface area (Å²) >= 11 is 6.36. The van der Waals surface area contributed by atoms with Crippen LogP contribution < -0.4 is 9.62 Å². The van der Waals surface area contributed by atoms with Gasteiger partial charge in [-0.3, -0.25) is 13.9 Å². The predicted octanol–water partition coefficient (Wildman–Crippen LogP) is 5.01. The first-order valence-corrected chi connectivity index (χ1v) is 14.2. The fourth-order valence-corrected chi connectivity index (χ4v) is 5.92. The van der Waals surface area contributed by atoms with Gasteiger partial charge in [-0.15, -0.1) is 0 Å². The maximum atomic E-state index is 14.0. The summed E-state index contributed by atoms with van der Waals surface area (Å²) in [4.78, 5) is 28.3. The number of nitrogens with zero attached hydrogens (tertiary/aromatic N) is 2. The third-order valence-electron chi connectivity index (χ3n) is 6.63. The van der Waals surface area contributed by atoms with E-state index in [4.69, 9.17) is 11.6 Å². The van der Waals surface area contributed by atoms with Crippen molar-refractivity contribution in [3.63, 3.8) is 0 Å². The van der Waals surface area contributed by atoms with Crippen molar-refractivity contribution in [1.29, 1.82) is 0 Å². The summed E-state index contributed by atoms with van der Waals surface area (Å²) in [6, 6.07) is 18.2. The number of rotatable bonds is 10. The van der Waals surface area contributed by atoms with E-state index in [1.54, 1.807) is 37.3 Å². The van der Waals surface area contributed by atoms with Crippen LogP contribution in [0.4, 0.5) is 5.69 Å². The second kappa shape index (κ2) is 12.5. The van der Waals surface area contributed by atoms with E-state index in [9.17, 15) is 18.0 Å². The van der Waals surface area contributed by atoms with Gasteiger partial charge in [0.2, 0.25) is 11.8 Å². The molecule has 0 aliphatic rings. The molecule has 0 spiro atoms. The molecule has 0 aliphatic carbocycles. The Morgan fingerprint density at radius 2 is 1.61 bits per heavy atom. The van der Waals surface area contributed by atoms with Gasteiger partial charge >= 0.3 is 0 Å². The van der Waals surface area contributed by atoms with Crippen molar-refractivity contribution in [2.24, 2.45) is 0 Å². The molecule has 0 aromatic heterocycles. The molecule has 0 radical (unpaired) electrons. The summed E-state index contributed by atoms with van der Waals surface area (Å²) in [7, 11) is -2.63. The van der Waals surface area contributed by atoms with Crippen LogP contribution >= 0.6 is 11.6 Å². The van der Waals surface area contributed by atoms with Gasteiger partial charge in [-0.05, 0) is 68.1 Å². The van der Waals surface area contributed by atoms with Crippen LogP contribution in [0.3, 0.4) is 0 Å². The van der Waals surface area contributed by atoms with Crippen LogP contribution in [0.2, 0.25) is 5.02 Å². The first-order valence-electron chi connectivity index (χ1n) is 12.4. The van der Waals surface area contributed by atoms with Crippen molar-refractivity contribution in [2.45, 2.75) is 51.6 Å². The number of halogens is 1. The van der Waals surface area contributed by atoms with Crippen molar-refractivity contribution in [3.8, 4) is 0 Å². The van der Waals surface area contributed by atoms with Crippen molar-refractivity contribution in [3.05, 3.63) is 94.0 Å². The Balaban J connectivity index is 2.12. The Morgan fingerprint density at radius 1 is 0.947 bits per heavy atom. The molecule has 38 heavy (non-hydrogen) atoms. The molecule has 9 heteroatoms. The number of hydrogen-bond acceptors (Lipinski definition) is 4. The number of anilines is 1. The average Bonchev–Trinajstić information content (AvgIpc) is 2.89. The number of benzene rings is 3. The van der Waals surface area contributed by atoms with E-state index in [1.807, 2.05) is 45.0 Å². The van der Waals surface area contributed by atoms with Crippen molar-refractivity contribution >= 4 is 39.1 Å². The lowest BCUT2D eigenvalue weighted by Crippen LogP contribution is -2.52. The third kappa shape index (κ3) is 6.37. The Kier molecular flexibility index (Phi) is 9.57. The van der Waals surface area contributed by atoms with Crippen LogP contribution in [0.5, 0.6) is 0 Å². The number of amides is 2. The van der Waals surface area contributed by atoms with Gasteiger partial charge in [-0.1, -0.05) is 66.6 Å². The highest BCUT2D eigenvalue weighted by atomic mass is 35.5. The van der Waals surface area contributed by atoms with Crippen LogP contribution in [0.1, 0.15) is 35.6 Å². The number of carbonyl (C=O) groups is 2. The molecule has 0 fully saturated rings. The number of likely N-dealkylation sites (N-methyl/N-ethyl adjacent to an activating group) is 1. The molecule has 0 bridgehead atoms. The van der Waals surface area contributed by atoms with E-state index in [0.717, 1.165) is 21.0 Å². The maximum absolute atomic E-state index is 14.0. The molecule has 202 valence electrons. The molecule has 0 unspecified atom stereocenters. The highest BCUT2D eigenvalue weighted by molar-refractivity contribution is 7.92. The highest BCUT2D eigenvalue weighted by Crippen LogP contribution is 2.31. The van der Waals surface area contributed by atoms with Gasteiger partial charge in [0.05, 0.1) is 10.6 Å². The van der Waals surface area contributed by atoms with Gasteiger partial charge in [0.15, 0.2) is 0 Å². The fourth-order valence-electron chi connectivity index (χ4n) is 4.27. The largest absolute Gasteiger partial charge is 0.357 e. The maximum Gasteiger partial charge on any atom is 0.264 e. The van der Waals surface area contributed by atoms with Gasteiger partial charge in [-0.2, -0.15) is 0 Å². The lowest BCUT2D eigenvalue weighted by atomic mass is 10.1. The zero-order valence-corrected chi connectivity index (χ0v) is 23.9. The Labute approximate surface area is 230 Å². The molecule has 0 aliphatic heterocycles. The van der Waals surface area contributed by atoms with Crippen molar-refractivity contribution in [2.75, 3.05) is 17.9 Å². The lowest BCUT2D eigenvalue weighted by Gasteiger charge is -2.33. The fraction of sp³-hybridized carbons (Fsp3) is 0.310. The molecule has 0 saturated heterocycles. The Hall–Kier alpha value is -3.36. The predicted molar refractivity (Wildman–Crippen MR) is 152 cm³/mol. The topological polar surface area (TPSA) is 86.8 Å². The van der Waals surface area contributed by atoms with Crippen molar-refractivity contribution in [1.82, 2.24) is 10.2 Å². The lowest BCUT2D eigenvalue weighted by molar-refractivity contribution is -0.140. The smallest absolute Gasteiger partial charge is 0.264 e. The minimum Gasteiger partial charge on any atom is -0.357 e. The summed E-state index contributed by atoms with van der Waals surface area (Å²) in [6.07, 6.45) is 0.359. The normalized spacial score (nSPS) is 12.1. The summed E-state index contributed by atoms with van der Waals surface area (Å²) < 4.78 is 29.0. The van der Waals surface area contributed by atoms with E-state index < -0.39 is 28.5 Å². The van der Waals surface area contributed by atoms with E-state index in [0.29, 0.717) is 22.7 Å². The standard InChI is InChI=1S/C29H34ClN3O4S/c1-6-26(29(35)31-5)32(18-23-11-8-7-10-21(23)3)28(34)19-33(27-13-9-12-25(30)22(27)4)38(36,37)24-16-14-20(2)15-17-24/h7-17,26H,6,18-19H2,1-5H3,(H,31,35)/t26-/m0/s1. The molecule has 3 rings (SSSR count). The van der Waals surface area contributed by atoms with Gasteiger partial charge in [0.25, 0.3) is 10.0 Å². The summed E-state index contributed by atoms with van der Waals surface area (Å²) in [5, 5.41) is 3.01. The zero-order chi connectivity index (χ0) is 28.0. The average molecular weight is 556 g/mol. The quantitative estimate of drug-likeness (QED) is 0.381. The summed E-state index contributed by atoms with van der Waals surface area (Å²) in [6.45, 7) is 6.99. The second-order valence-electron chi connectivity index (χ2n) is 9.20. The summed E-state index contributed by atoms with van der Waals surface area (Å²) in [5.74, 6) is -0.819. The first kappa shape index (κ1) is 29.2. The number of sulfonamides is 1. The molecule has 3 aromatic carbocycles. The minimum absolute atomic E-state index is 0.0547. The number of carbonyl (C=O) groups excluding carboxylic acids is 2. The van der Waals surface area contributed by atoms with Crippen molar-refractivity contribution < 1.29 is 18.0 Å². The molecule has 0 saturated carbocycles.